The lowest BCUT2D eigenvalue weighted by atomic mass is 10.2. The molecular formula is C11H13BrCl2N2S. The Morgan fingerprint density at radius 3 is 2.35 bits per heavy atom. The number of hydrogen-bond donors (Lipinski definition) is 2. The third kappa shape index (κ3) is 5.00. The van der Waals surface area contributed by atoms with Gasteiger partial charge in [0.15, 0.2) is 5.11 Å². The average Bonchev–Trinajstić information content (AvgIpc) is 2.20. The third-order valence-corrected chi connectivity index (χ3v) is 3.22. The van der Waals surface area contributed by atoms with E-state index in [9.17, 15) is 0 Å². The Balaban J connectivity index is 2.72. The van der Waals surface area contributed by atoms with Crippen molar-refractivity contribution < 1.29 is 0 Å². The lowest BCUT2D eigenvalue weighted by Crippen LogP contribution is -2.31. The van der Waals surface area contributed by atoms with E-state index in [0.717, 1.165) is 11.0 Å². The van der Waals surface area contributed by atoms with Gasteiger partial charge in [-0.3, -0.25) is 0 Å². The molecule has 0 amide bonds. The highest BCUT2D eigenvalue weighted by Crippen LogP contribution is 2.33. The van der Waals surface area contributed by atoms with Gasteiger partial charge in [0.2, 0.25) is 0 Å². The average molecular weight is 356 g/mol. The Labute approximate surface area is 125 Å². The monoisotopic (exact) mass is 354 g/mol. The molecule has 2 nitrogen and oxygen atoms in total. The van der Waals surface area contributed by atoms with E-state index in [0.29, 0.717) is 26.8 Å². The van der Waals surface area contributed by atoms with Gasteiger partial charge in [0.05, 0.1) is 15.7 Å². The van der Waals surface area contributed by atoms with Crippen LogP contribution in [0.2, 0.25) is 10.0 Å². The molecule has 0 aliphatic carbocycles. The van der Waals surface area contributed by atoms with Crippen molar-refractivity contribution in [3.05, 3.63) is 26.7 Å². The molecule has 0 spiro atoms. The van der Waals surface area contributed by atoms with Crippen LogP contribution in [0.3, 0.4) is 0 Å². The van der Waals surface area contributed by atoms with E-state index in [1.807, 2.05) is 0 Å². The van der Waals surface area contributed by atoms with Gasteiger partial charge in [-0.2, -0.15) is 0 Å². The Bertz CT molecular complexity index is 401. The van der Waals surface area contributed by atoms with Crippen molar-refractivity contribution in [1.29, 1.82) is 0 Å². The molecule has 0 radical (unpaired) electrons. The van der Waals surface area contributed by atoms with E-state index in [4.69, 9.17) is 35.4 Å². The van der Waals surface area contributed by atoms with Crippen molar-refractivity contribution in [2.45, 2.75) is 13.8 Å². The first-order chi connectivity index (χ1) is 7.90. The maximum atomic E-state index is 6.08. The largest absolute Gasteiger partial charge is 0.362 e. The summed E-state index contributed by atoms with van der Waals surface area (Å²) in [6, 6.07) is 3.53. The predicted octanol–water partition coefficient (Wildman–Crippen LogP) is 4.70. The summed E-state index contributed by atoms with van der Waals surface area (Å²) in [5.74, 6) is 0.519. The topological polar surface area (TPSA) is 24.1 Å². The number of thiocarbonyl (C=S) groups is 1. The quantitative estimate of drug-likeness (QED) is 0.768. The highest BCUT2D eigenvalue weighted by Gasteiger charge is 2.09. The fourth-order valence-corrected chi connectivity index (χ4v) is 2.60. The second kappa shape index (κ2) is 6.78. The summed E-state index contributed by atoms with van der Waals surface area (Å²) in [7, 11) is 0. The van der Waals surface area contributed by atoms with Crippen LogP contribution in [0.5, 0.6) is 0 Å². The van der Waals surface area contributed by atoms with Crippen LogP contribution in [-0.4, -0.2) is 11.7 Å². The van der Waals surface area contributed by atoms with Gasteiger partial charge in [0, 0.05) is 11.0 Å². The van der Waals surface area contributed by atoms with Gasteiger partial charge < -0.3 is 10.6 Å². The third-order valence-electron chi connectivity index (χ3n) is 1.92. The molecule has 0 bridgehead atoms. The van der Waals surface area contributed by atoms with Crippen LogP contribution in [-0.2, 0) is 0 Å². The van der Waals surface area contributed by atoms with Crippen LogP contribution >= 0.6 is 51.3 Å². The minimum Gasteiger partial charge on any atom is -0.362 e. The molecule has 1 aromatic rings. The SMILES string of the molecule is CC(C)CNC(=S)Nc1c(Cl)cc(Br)cc1Cl. The van der Waals surface area contributed by atoms with E-state index in [1.54, 1.807) is 12.1 Å². The number of halogens is 3. The number of rotatable bonds is 3. The Morgan fingerprint density at radius 2 is 1.88 bits per heavy atom. The van der Waals surface area contributed by atoms with Crippen molar-refractivity contribution in [1.82, 2.24) is 5.32 Å². The zero-order valence-electron chi connectivity index (χ0n) is 9.48. The molecule has 0 saturated carbocycles. The van der Waals surface area contributed by atoms with Crippen molar-refractivity contribution in [2.24, 2.45) is 5.92 Å². The van der Waals surface area contributed by atoms with Crippen LogP contribution < -0.4 is 10.6 Å². The molecule has 0 atom stereocenters. The normalized spacial score (nSPS) is 10.5. The zero-order chi connectivity index (χ0) is 13.0. The van der Waals surface area contributed by atoms with Crippen molar-refractivity contribution in [3.8, 4) is 0 Å². The van der Waals surface area contributed by atoms with E-state index in [2.05, 4.69) is 40.4 Å². The van der Waals surface area contributed by atoms with Crippen LogP contribution in [0, 0.1) is 5.92 Å². The lowest BCUT2D eigenvalue weighted by Gasteiger charge is -2.14. The Morgan fingerprint density at radius 1 is 1.35 bits per heavy atom. The van der Waals surface area contributed by atoms with Crippen LogP contribution in [0.4, 0.5) is 5.69 Å². The molecule has 6 heteroatoms. The van der Waals surface area contributed by atoms with Crippen molar-refractivity contribution in [3.63, 3.8) is 0 Å². The second-order valence-corrected chi connectivity index (χ2v) is 6.11. The van der Waals surface area contributed by atoms with Gasteiger partial charge in [-0.05, 0) is 30.3 Å². The summed E-state index contributed by atoms with van der Waals surface area (Å²) in [4.78, 5) is 0. The predicted molar refractivity (Wildman–Crippen MR) is 83.2 cm³/mol. The number of nitrogens with one attached hydrogen (secondary N) is 2. The number of benzene rings is 1. The molecule has 17 heavy (non-hydrogen) atoms. The zero-order valence-corrected chi connectivity index (χ0v) is 13.4. The summed E-state index contributed by atoms with van der Waals surface area (Å²) >= 11 is 20.6. The maximum Gasteiger partial charge on any atom is 0.170 e. The van der Waals surface area contributed by atoms with Crippen LogP contribution in [0.25, 0.3) is 0 Å². The smallest absolute Gasteiger partial charge is 0.170 e. The first-order valence-corrected chi connectivity index (χ1v) is 7.05. The number of anilines is 1. The standard InChI is InChI=1S/C11H13BrCl2N2S/c1-6(2)5-15-11(17)16-10-8(13)3-7(12)4-9(10)14/h3-4,6H,5H2,1-2H3,(H2,15,16,17). The molecule has 1 aromatic carbocycles. The van der Waals surface area contributed by atoms with E-state index in [1.165, 1.54) is 0 Å². The molecule has 0 aromatic heterocycles. The number of hydrogen-bond acceptors (Lipinski definition) is 1. The molecule has 2 N–H and O–H groups in total. The minimum atomic E-state index is 0.518. The first kappa shape index (κ1) is 15.0. The minimum absolute atomic E-state index is 0.518. The summed E-state index contributed by atoms with van der Waals surface area (Å²) in [5, 5.41) is 7.66. The van der Waals surface area contributed by atoms with Gasteiger partial charge >= 0.3 is 0 Å². The van der Waals surface area contributed by atoms with E-state index < -0.39 is 0 Å². The molecule has 0 aliphatic heterocycles. The molecule has 0 heterocycles. The molecule has 0 unspecified atom stereocenters. The Kier molecular flexibility index (Phi) is 6.00. The summed E-state index contributed by atoms with van der Waals surface area (Å²) in [6.45, 7) is 5.02. The Hall–Kier alpha value is -0.0300. The van der Waals surface area contributed by atoms with Gasteiger partial charge in [-0.1, -0.05) is 53.0 Å². The molecule has 0 saturated heterocycles. The van der Waals surface area contributed by atoms with Gasteiger partial charge in [-0.25, -0.2) is 0 Å². The molecular weight excluding hydrogens is 343 g/mol. The fourth-order valence-electron chi connectivity index (χ4n) is 1.12. The molecule has 1 rings (SSSR count). The highest BCUT2D eigenvalue weighted by atomic mass is 79.9. The molecule has 0 fully saturated rings. The second-order valence-electron chi connectivity index (χ2n) is 3.97. The van der Waals surface area contributed by atoms with E-state index >= 15 is 0 Å². The lowest BCUT2D eigenvalue weighted by molar-refractivity contribution is 0.627. The van der Waals surface area contributed by atoms with Crippen LogP contribution in [0.15, 0.2) is 16.6 Å². The highest BCUT2D eigenvalue weighted by molar-refractivity contribution is 9.10. The fraction of sp³-hybridized carbons (Fsp3) is 0.364. The summed E-state index contributed by atoms with van der Waals surface area (Å²) < 4.78 is 0.833. The first-order valence-electron chi connectivity index (χ1n) is 5.09. The van der Waals surface area contributed by atoms with Gasteiger partial charge in [0.25, 0.3) is 0 Å². The van der Waals surface area contributed by atoms with Gasteiger partial charge in [-0.15, -0.1) is 0 Å². The summed E-state index contributed by atoms with van der Waals surface area (Å²) in [5.41, 5.74) is 0.623. The van der Waals surface area contributed by atoms with Gasteiger partial charge in [0.1, 0.15) is 0 Å². The maximum absolute atomic E-state index is 6.08. The van der Waals surface area contributed by atoms with Crippen molar-refractivity contribution in [2.75, 3.05) is 11.9 Å². The van der Waals surface area contributed by atoms with Crippen molar-refractivity contribution >= 4 is 62.1 Å². The van der Waals surface area contributed by atoms with E-state index in [-0.39, 0.29) is 0 Å². The van der Waals surface area contributed by atoms with Crippen LogP contribution in [0.1, 0.15) is 13.8 Å². The molecule has 94 valence electrons. The summed E-state index contributed by atoms with van der Waals surface area (Å²) in [6.07, 6.45) is 0. The molecule has 0 aliphatic rings.